The first-order chi connectivity index (χ1) is 8.70. The van der Waals surface area contributed by atoms with E-state index >= 15 is 0 Å². The van der Waals surface area contributed by atoms with Gasteiger partial charge in [-0.1, -0.05) is 11.8 Å². The van der Waals surface area contributed by atoms with E-state index in [1.807, 2.05) is 13.0 Å². The third-order valence-corrected chi connectivity index (χ3v) is 4.29. The van der Waals surface area contributed by atoms with Gasteiger partial charge in [-0.3, -0.25) is 10.2 Å². The Morgan fingerprint density at radius 1 is 1.50 bits per heavy atom. The zero-order valence-electron chi connectivity index (χ0n) is 9.71. The Hall–Kier alpha value is -1.44. The number of nitrogen functional groups attached to an aromatic ring is 1. The zero-order chi connectivity index (χ0) is 13.0. The van der Waals surface area contributed by atoms with Gasteiger partial charge in [0.05, 0.1) is 4.88 Å². The van der Waals surface area contributed by atoms with Gasteiger partial charge in [-0.15, -0.1) is 11.3 Å². The SMILES string of the molecule is Cc1sc(C(=O)NN)cc1CSc1ncccn1. The molecule has 1 amide bonds. The number of carbonyl (C=O) groups is 1. The van der Waals surface area contributed by atoms with Crippen molar-refractivity contribution in [2.24, 2.45) is 5.84 Å². The number of hydrazine groups is 1. The predicted molar refractivity (Wildman–Crippen MR) is 72.3 cm³/mol. The van der Waals surface area contributed by atoms with Crippen molar-refractivity contribution in [3.8, 4) is 0 Å². The summed E-state index contributed by atoms with van der Waals surface area (Å²) in [5.41, 5.74) is 3.24. The van der Waals surface area contributed by atoms with Crippen molar-refractivity contribution in [1.82, 2.24) is 15.4 Å². The Bertz CT molecular complexity index is 541. The molecule has 2 aromatic heterocycles. The number of nitrogens with zero attached hydrogens (tertiary/aromatic N) is 2. The normalized spacial score (nSPS) is 10.3. The van der Waals surface area contributed by atoms with Crippen LogP contribution >= 0.6 is 23.1 Å². The fraction of sp³-hybridized carbons (Fsp3) is 0.182. The number of nitrogens with two attached hydrogens (primary N) is 1. The molecule has 7 heteroatoms. The summed E-state index contributed by atoms with van der Waals surface area (Å²) in [5.74, 6) is 5.60. The minimum absolute atomic E-state index is 0.254. The lowest BCUT2D eigenvalue weighted by atomic mass is 10.3. The van der Waals surface area contributed by atoms with Crippen molar-refractivity contribution in [2.45, 2.75) is 17.8 Å². The van der Waals surface area contributed by atoms with Crippen LogP contribution in [0.3, 0.4) is 0 Å². The van der Waals surface area contributed by atoms with Crippen LogP contribution in [0.4, 0.5) is 0 Å². The molecule has 0 fully saturated rings. The number of thiophene rings is 1. The average molecular weight is 280 g/mol. The molecule has 0 saturated carbocycles. The zero-order valence-corrected chi connectivity index (χ0v) is 11.3. The molecule has 0 aliphatic rings. The van der Waals surface area contributed by atoms with E-state index in [0.717, 1.165) is 21.3 Å². The summed E-state index contributed by atoms with van der Waals surface area (Å²) in [6.45, 7) is 1.99. The van der Waals surface area contributed by atoms with Gasteiger partial charge in [-0.2, -0.15) is 0 Å². The van der Waals surface area contributed by atoms with Crippen LogP contribution in [0.1, 0.15) is 20.1 Å². The Balaban J connectivity index is 2.06. The van der Waals surface area contributed by atoms with Gasteiger partial charge in [0.15, 0.2) is 5.16 Å². The van der Waals surface area contributed by atoms with Crippen LogP contribution in [0.25, 0.3) is 0 Å². The fourth-order valence-electron chi connectivity index (χ4n) is 1.35. The van der Waals surface area contributed by atoms with E-state index in [2.05, 4.69) is 15.4 Å². The lowest BCUT2D eigenvalue weighted by molar-refractivity contribution is 0.0957. The maximum Gasteiger partial charge on any atom is 0.275 e. The van der Waals surface area contributed by atoms with Crippen LogP contribution in [-0.2, 0) is 5.75 Å². The molecule has 0 saturated heterocycles. The molecule has 94 valence electrons. The summed E-state index contributed by atoms with van der Waals surface area (Å²) in [4.78, 5) is 21.4. The van der Waals surface area contributed by atoms with Gasteiger partial charge in [-0.05, 0) is 24.6 Å². The second kappa shape index (κ2) is 5.94. The minimum Gasteiger partial charge on any atom is -0.289 e. The first-order valence-corrected chi connectivity index (χ1v) is 7.01. The largest absolute Gasteiger partial charge is 0.289 e. The number of hydrogen-bond acceptors (Lipinski definition) is 6. The van der Waals surface area contributed by atoms with E-state index in [9.17, 15) is 4.79 Å². The molecule has 0 bridgehead atoms. The molecule has 0 aliphatic carbocycles. The van der Waals surface area contributed by atoms with E-state index < -0.39 is 0 Å². The number of aryl methyl sites for hydroxylation is 1. The molecule has 3 N–H and O–H groups in total. The maximum atomic E-state index is 11.4. The highest BCUT2D eigenvalue weighted by molar-refractivity contribution is 7.98. The van der Waals surface area contributed by atoms with Gasteiger partial charge in [0.25, 0.3) is 5.91 Å². The molecular weight excluding hydrogens is 268 g/mol. The lowest BCUT2D eigenvalue weighted by Gasteiger charge is -1.98. The van der Waals surface area contributed by atoms with Gasteiger partial charge in [0, 0.05) is 23.0 Å². The van der Waals surface area contributed by atoms with Crippen molar-refractivity contribution >= 4 is 29.0 Å². The predicted octanol–water partition coefficient (Wildman–Crippen LogP) is 1.74. The maximum absolute atomic E-state index is 11.4. The van der Waals surface area contributed by atoms with Crippen LogP contribution in [0, 0.1) is 6.92 Å². The summed E-state index contributed by atoms with van der Waals surface area (Å²) in [7, 11) is 0. The lowest BCUT2D eigenvalue weighted by Crippen LogP contribution is -2.29. The molecule has 0 spiro atoms. The number of thioether (sulfide) groups is 1. The molecule has 2 aromatic rings. The first-order valence-electron chi connectivity index (χ1n) is 5.21. The van der Waals surface area contributed by atoms with Gasteiger partial charge in [0.2, 0.25) is 0 Å². The molecule has 0 unspecified atom stereocenters. The fourth-order valence-corrected chi connectivity index (χ4v) is 3.24. The van der Waals surface area contributed by atoms with Crippen LogP contribution in [0.2, 0.25) is 0 Å². The second-order valence-electron chi connectivity index (χ2n) is 3.49. The minimum atomic E-state index is -0.254. The number of carbonyl (C=O) groups excluding carboxylic acids is 1. The van der Waals surface area contributed by atoms with Crippen LogP contribution in [-0.4, -0.2) is 15.9 Å². The van der Waals surface area contributed by atoms with E-state index in [1.54, 1.807) is 30.2 Å². The van der Waals surface area contributed by atoms with Crippen LogP contribution in [0.5, 0.6) is 0 Å². The standard InChI is InChI=1S/C11H12N4OS2/c1-7-8(5-9(18-7)10(16)15-12)6-17-11-13-3-2-4-14-11/h2-5H,6,12H2,1H3,(H,15,16). The number of amides is 1. The Labute approximate surface area is 113 Å². The number of rotatable bonds is 4. The molecule has 2 heterocycles. The van der Waals surface area contributed by atoms with Crippen molar-refractivity contribution in [1.29, 1.82) is 0 Å². The highest BCUT2D eigenvalue weighted by atomic mass is 32.2. The second-order valence-corrected chi connectivity index (χ2v) is 5.68. The van der Waals surface area contributed by atoms with Crippen LogP contribution < -0.4 is 11.3 Å². The number of nitrogens with one attached hydrogen (secondary N) is 1. The third-order valence-electron chi connectivity index (χ3n) is 2.27. The molecule has 18 heavy (non-hydrogen) atoms. The summed E-state index contributed by atoms with van der Waals surface area (Å²) >= 11 is 2.98. The molecule has 0 atom stereocenters. The number of hydrogen-bond donors (Lipinski definition) is 2. The van der Waals surface area contributed by atoms with Gasteiger partial charge >= 0.3 is 0 Å². The topological polar surface area (TPSA) is 80.9 Å². The summed E-state index contributed by atoms with van der Waals surface area (Å²) in [6.07, 6.45) is 3.42. The molecule has 2 rings (SSSR count). The number of aromatic nitrogens is 2. The Morgan fingerprint density at radius 2 is 2.22 bits per heavy atom. The average Bonchev–Trinajstić information content (AvgIpc) is 2.78. The van der Waals surface area contributed by atoms with Crippen molar-refractivity contribution in [3.63, 3.8) is 0 Å². The summed E-state index contributed by atoms with van der Waals surface area (Å²) in [6, 6.07) is 3.64. The molecule has 0 aliphatic heterocycles. The van der Waals surface area contributed by atoms with E-state index in [0.29, 0.717) is 4.88 Å². The molecule has 0 aromatic carbocycles. The van der Waals surface area contributed by atoms with Gasteiger partial charge in [-0.25, -0.2) is 15.8 Å². The van der Waals surface area contributed by atoms with E-state index in [4.69, 9.17) is 5.84 Å². The van der Waals surface area contributed by atoms with Gasteiger partial charge in [0.1, 0.15) is 0 Å². The third kappa shape index (κ3) is 3.06. The Morgan fingerprint density at radius 3 is 2.89 bits per heavy atom. The highest BCUT2D eigenvalue weighted by Crippen LogP contribution is 2.27. The van der Waals surface area contributed by atoms with Crippen molar-refractivity contribution in [2.75, 3.05) is 0 Å². The van der Waals surface area contributed by atoms with E-state index in [1.165, 1.54) is 11.3 Å². The Kier molecular flexibility index (Phi) is 4.29. The monoisotopic (exact) mass is 280 g/mol. The summed E-state index contributed by atoms with van der Waals surface area (Å²) in [5, 5.41) is 0.730. The molecular formula is C11H12N4OS2. The highest BCUT2D eigenvalue weighted by Gasteiger charge is 2.11. The summed E-state index contributed by atoms with van der Waals surface area (Å²) < 4.78 is 0. The molecule has 5 nitrogen and oxygen atoms in total. The van der Waals surface area contributed by atoms with Crippen molar-refractivity contribution in [3.05, 3.63) is 39.8 Å². The first kappa shape index (κ1) is 13.0. The van der Waals surface area contributed by atoms with Crippen molar-refractivity contribution < 1.29 is 4.79 Å². The quantitative estimate of drug-likeness (QED) is 0.293. The van der Waals surface area contributed by atoms with E-state index in [-0.39, 0.29) is 5.91 Å². The molecule has 0 radical (unpaired) electrons. The smallest absolute Gasteiger partial charge is 0.275 e. The van der Waals surface area contributed by atoms with Crippen LogP contribution in [0.15, 0.2) is 29.7 Å². The van der Waals surface area contributed by atoms with Gasteiger partial charge < -0.3 is 0 Å².